The number of halogens is 1. The number of rotatable bonds is 3. The Labute approximate surface area is 154 Å². The van der Waals surface area contributed by atoms with Gasteiger partial charge in [-0.05, 0) is 30.2 Å². The lowest BCUT2D eigenvalue weighted by Crippen LogP contribution is -2.39. The zero-order valence-electron chi connectivity index (χ0n) is 15.3. The van der Waals surface area contributed by atoms with Gasteiger partial charge in [-0.1, -0.05) is 12.1 Å². The normalized spacial score (nSPS) is 13.9. The highest BCUT2D eigenvalue weighted by atomic mass is 19.1. The van der Waals surface area contributed by atoms with Crippen LogP contribution in [-0.2, 0) is 20.1 Å². The molecule has 3 aromatic rings. The fraction of sp³-hybridized carbons (Fsp3) is 0.316. The van der Waals surface area contributed by atoms with Crippen LogP contribution in [0.3, 0.4) is 0 Å². The maximum absolute atomic E-state index is 13.1. The van der Waals surface area contributed by atoms with E-state index in [-0.39, 0.29) is 17.3 Å². The first-order valence-corrected chi connectivity index (χ1v) is 8.60. The first-order chi connectivity index (χ1) is 12.9. The number of ether oxygens (including phenoxy) is 1. The molecule has 0 radical (unpaired) electrons. The van der Waals surface area contributed by atoms with E-state index in [4.69, 9.17) is 4.74 Å². The van der Waals surface area contributed by atoms with E-state index in [2.05, 4.69) is 5.10 Å². The SMILES string of the molecule is COc1nn(C)c(=O)c2c(C)c3n(c12)CCN(Cc1ccc(F)cc1)C3=O. The molecule has 1 aliphatic rings. The number of fused-ring (bicyclic) bond motifs is 3. The summed E-state index contributed by atoms with van der Waals surface area (Å²) >= 11 is 0. The lowest BCUT2D eigenvalue weighted by Gasteiger charge is -2.29. The molecule has 0 unspecified atom stereocenters. The number of aromatic nitrogens is 3. The van der Waals surface area contributed by atoms with Gasteiger partial charge in [-0.3, -0.25) is 9.59 Å². The Kier molecular flexibility index (Phi) is 3.98. The van der Waals surface area contributed by atoms with Crippen molar-refractivity contribution < 1.29 is 13.9 Å². The lowest BCUT2D eigenvalue weighted by molar-refractivity contribution is 0.0692. The first kappa shape index (κ1) is 17.3. The molecule has 0 spiro atoms. The Hall–Kier alpha value is -3.16. The Morgan fingerprint density at radius 1 is 1.19 bits per heavy atom. The summed E-state index contributed by atoms with van der Waals surface area (Å²) in [6, 6.07) is 6.10. The van der Waals surface area contributed by atoms with Crippen LogP contribution in [0.25, 0.3) is 10.9 Å². The van der Waals surface area contributed by atoms with Gasteiger partial charge < -0.3 is 14.2 Å². The molecule has 4 rings (SSSR count). The van der Waals surface area contributed by atoms with Gasteiger partial charge in [0.25, 0.3) is 17.3 Å². The maximum atomic E-state index is 13.1. The molecule has 3 heterocycles. The van der Waals surface area contributed by atoms with E-state index in [1.807, 2.05) is 4.57 Å². The van der Waals surface area contributed by atoms with Gasteiger partial charge in [-0.15, -0.1) is 5.10 Å². The van der Waals surface area contributed by atoms with E-state index in [1.165, 1.54) is 23.9 Å². The summed E-state index contributed by atoms with van der Waals surface area (Å²) in [5.41, 5.74) is 2.25. The summed E-state index contributed by atoms with van der Waals surface area (Å²) in [4.78, 5) is 27.5. The minimum Gasteiger partial charge on any atom is -0.478 e. The Bertz CT molecular complexity index is 1110. The zero-order chi connectivity index (χ0) is 19.3. The number of hydrogen-bond acceptors (Lipinski definition) is 4. The van der Waals surface area contributed by atoms with Crippen molar-refractivity contribution >= 4 is 16.8 Å². The smallest absolute Gasteiger partial charge is 0.276 e. The zero-order valence-corrected chi connectivity index (χ0v) is 15.3. The van der Waals surface area contributed by atoms with Gasteiger partial charge in [-0.2, -0.15) is 0 Å². The predicted octanol–water partition coefficient (Wildman–Crippen LogP) is 1.85. The van der Waals surface area contributed by atoms with Crippen molar-refractivity contribution in [2.75, 3.05) is 13.7 Å². The van der Waals surface area contributed by atoms with Crippen molar-refractivity contribution in [2.24, 2.45) is 7.05 Å². The molecule has 0 saturated carbocycles. The number of methoxy groups -OCH3 is 1. The fourth-order valence-electron chi connectivity index (χ4n) is 3.69. The number of nitrogens with zero attached hydrogens (tertiary/aromatic N) is 4. The summed E-state index contributed by atoms with van der Waals surface area (Å²) in [6.45, 7) is 3.16. The maximum Gasteiger partial charge on any atom is 0.276 e. The Morgan fingerprint density at radius 2 is 1.89 bits per heavy atom. The van der Waals surface area contributed by atoms with Gasteiger partial charge in [0.2, 0.25) is 0 Å². The van der Waals surface area contributed by atoms with Crippen LogP contribution in [0.2, 0.25) is 0 Å². The third kappa shape index (κ3) is 2.59. The van der Waals surface area contributed by atoms with Gasteiger partial charge >= 0.3 is 0 Å². The number of carbonyl (C=O) groups excluding carboxylic acids is 1. The first-order valence-electron chi connectivity index (χ1n) is 8.60. The monoisotopic (exact) mass is 370 g/mol. The number of amides is 1. The van der Waals surface area contributed by atoms with Crippen LogP contribution in [0.4, 0.5) is 4.39 Å². The molecule has 0 bridgehead atoms. The third-order valence-corrected chi connectivity index (χ3v) is 5.02. The van der Waals surface area contributed by atoms with Crippen LogP contribution in [0.15, 0.2) is 29.1 Å². The summed E-state index contributed by atoms with van der Waals surface area (Å²) < 4.78 is 21.5. The molecule has 27 heavy (non-hydrogen) atoms. The van der Waals surface area contributed by atoms with Crippen molar-refractivity contribution in [1.29, 1.82) is 0 Å². The van der Waals surface area contributed by atoms with E-state index < -0.39 is 0 Å². The average Bonchev–Trinajstić information content (AvgIpc) is 2.96. The van der Waals surface area contributed by atoms with Crippen LogP contribution in [-0.4, -0.2) is 38.8 Å². The molecule has 0 N–H and O–H groups in total. The van der Waals surface area contributed by atoms with Crippen LogP contribution in [0, 0.1) is 12.7 Å². The highest BCUT2D eigenvalue weighted by Crippen LogP contribution is 2.31. The van der Waals surface area contributed by atoms with Crippen LogP contribution in [0.5, 0.6) is 5.88 Å². The highest BCUT2D eigenvalue weighted by Gasteiger charge is 2.32. The van der Waals surface area contributed by atoms with Crippen molar-refractivity contribution in [1.82, 2.24) is 19.2 Å². The van der Waals surface area contributed by atoms with E-state index >= 15 is 0 Å². The molecule has 0 atom stereocenters. The Morgan fingerprint density at radius 3 is 2.56 bits per heavy atom. The highest BCUT2D eigenvalue weighted by molar-refractivity contribution is 6.03. The molecule has 8 heteroatoms. The van der Waals surface area contributed by atoms with Crippen molar-refractivity contribution in [3.8, 4) is 5.88 Å². The summed E-state index contributed by atoms with van der Waals surface area (Å²) in [7, 11) is 3.05. The predicted molar refractivity (Wildman–Crippen MR) is 97.4 cm³/mol. The molecule has 1 amide bonds. The minimum absolute atomic E-state index is 0.164. The standard InChI is InChI=1S/C19H19FN4O3/c1-11-14-16(17(27-3)21-22(2)18(14)25)24-9-8-23(19(26)15(11)24)10-12-4-6-13(20)7-5-12/h4-7H,8-10H2,1-3H3. The van der Waals surface area contributed by atoms with Crippen molar-refractivity contribution in [3.63, 3.8) is 0 Å². The second-order valence-electron chi connectivity index (χ2n) is 6.64. The number of carbonyl (C=O) groups is 1. The molecule has 0 saturated heterocycles. The molecule has 7 nitrogen and oxygen atoms in total. The van der Waals surface area contributed by atoms with Crippen molar-refractivity contribution in [2.45, 2.75) is 20.0 Å². The minimum atomic E-state index is -0.310. The molecule has 1 aliphatic heterocycles. The van der Waals surface area contributed by atoms with Gasteiger partial charge in [-0.25, -0.2) is 9.07 Å². The Balaban J connectivity index is 1.82. The largest absolute Gasteiger partial charge is 0.478 e. The van der Waals surface area contributed by atoms with Crippen LogP contribution < -0.4 is 10.3 Å². The fourth-order valence-corrected chi connectivity index (χ4v) is 3.69. The third-order valence-electron chi connectivity index (χ3n) is 5.02. The molecular formula is C19H19FN4O3. The van der Waals surface area contributed by atoms with Crippen LogP contribution >= 0.6 is 0 Å². The second-order valence-corrected chi connectivity index (χ2v) is 6.64. The molecule has 2 aromatic heterocycles. The van der Waals surface area contributed by atoms with E-state index in [1.54, 1.807) is 31.0 Å². The van der Waals surface area contributed by atoms with Crippen molar-refractivity contribution in [3.05, 3.63) is 57.3 Å². The average molecular weight is 370 g/mol. The van der Waals surface area contributed by atoms with Gasteiger partial charge in [0.1, 0.15) is 17.0 Å². The lowest BCUT2D eigenvalue weighted by atomic mass is 10.1. The number of aryl methyl sites for hydroxylation is 2. The second kappa shape index (κ2) is 6.22. The van der Waals surface area contributed by atoms with Crippen LogP contribution in [0.1, 0.15) is 21.6 Å². The molecule has 0 fully saturated rings. The number of hydrogen-bond donors (Lipinski definition) is 0. The van der Waals surface area contributed by atoms with Gasteiger partial charge in [0.15, 0.2) is 0 Å². The summed E-state index contributed by atoms with van der Waals surface area (Å²) in [6.07, 6.45) is 0. The van der Waals surface area contributed by atoms with E-state index in [9.17, 15) is 14.0 Å². The van der Waals surface area contributed by atoms with Gasteiger partial charge in [0.05, 0.1) is 12.5 Å². The van der Waals surface area contributed by atoms with Gasteiger partial charge in [0, 0.05) is 26.7 Å². The molecular weight excluding hydrogens is 351 g/mol. The quantitative estimate of drug-likeness (QED) is 0.706. The topological polar surface area (TPSA) is 69.4 Å². The molecule has 140 valence electrons. The van der Waals surface area contributed by atoms with E-state index in [0.717, 1.165) is 5.56 Å². The molecule has 0 aliphatic carbocycles. The number of benzene rings is 1. The summed E-state index contributed by atoms with van der Waals surface area (Å²) in [5, 5.41) is 4.62. The summed E-state index contributed by atoms with van der Waals surface area (Å²) in [5.74, 6) is -0.153. The molecule has 1 aromatic carbocycles. The van der Waals surface area contributed by atoms with E-state index in [0.29, 0.717) is 47.7 Å².